The van der Waals surface area contributed by atoms with Crippen LogP contribution in [0.3, 0.4) is 0 Å². The van der Waals surface area contributed by atoms with Crippen molar-refractivity contribution in [1.29, 1.82) is 0 Å². The van der Waals surface area contributed by atoms with Crippen LogP contribution in [-0.2, 0) is 14.3 Å². The first kappa shape index (κ1) is 13.3. The predicted octanol–water partition coefficient (Wildman–Crippen LogP) is -1.91. The number of nitrogens with two attached hydrogens (primary N) is 1. The van der Waals surface area contributed by atoms with Crippen LogP contribution in [0.5, 0.6) is 0 Å². The van der Waals surface area contributed by atoms with E-state index in [9.17, 15) is 4.79 Å². The van der Waals surface area contributed by atoms with Gasteiger partial charge in [-0.05, 0) is 0 Å². The lowest BCUT2D eigenvalue weighted by atomic mass is 10.6. The minimum Gasteiger partial charge on any atom is -0.387 e. The van der Waals surface area contributed by atoms with Gasteiger partial charge in [-0.3, -0.25) is 4.79 Å². The molecule has 0 radical (unpaired) electrons. The van der Waals surface area contributed by atoms with Crippen LogP contribution in [0.2, 0.25) is 0 Å². The largest absolute Gasteiger partial charge is 0.387 e. The van der Waals surface area contributed by atoms with Crippen molar-refractivity contribution in [3.63, 3.8) is 0 Å². The Kier molecular flexibility index (Phi) is 9.88. The zero-order valence-corrected chi connectivity index (χ0v) is 8.20. The third-order valence-electron chi connectivity index (χ3n) is 1.35. The van der Waals surface area contributed by atoms with Crippen molar-refractivity contribution in [2.75, 3.05) is 46.1 Å². The van der Waals surface area contributed by atoms with Crippen molar-refractivity contribution in [3.8, 4) is 0 Å². The molecule has 0 aliphatic heterocycles. The highest BCUT2D eigenvalue weighted by Gasteiger charge is 1.95. The summed E-state index contributed by atoms with van der Waals surface area (Å²) in [5, 5.41) is 10.8. The quantitative estimate of drug-likeness (QED) is 0.383. The number of aliphatic hydroxyl groups excluding tert-OH is 1. The van der Waals surface area contributed by atoms with Gasteiger partial charge in [0.1, 0.15) is 6.61 Å². The van der Waals surface area contributed by atoms with Gasteiger partial charge >= 0.3 is 0 Å². The maximum atomic E-state index is 10.5. The van der Waals surface area contributed by atoms with Crippen LogP contribution in [0, 0.1) is 0 Å². The molecule has 0 aliphatic carbocycles. The van der Waals surface area contributed by atoms with Crippen molar-refractivity contribution >= 4 is 5.91 Å². The third kappa shape index (κ3) is 9.40. The molecule has 0 aromatic rings. The zero-order chi connectivity index (χ0) is 10.6. The van der Waals surface area contributed by atoms with E-state index < -0.39 is 12.5 Å². The minimum atomic E-state index is -0.486. The molecule has 0 rings (SSSR count). The first-order chi connectivity index (χ1) is 6.81. The third-order valence-corrected chi connectivity index (χ3v) is 1.35. The fraction of sp³-hybridized carbons (Fsp3) is 0.875. The van der Waals surface area contributed by atoms with Crippen LogP contribution in [0.1, 0.15) is 0 Å². The molecule has 14 heavy (non-hydrogen) atoms. The number of nitrogens with one attached hydrogen (secondary N) is 1. The molecule has 0 bridgehead atoms. The summed E-state index contributed by atoms with van der Waals surface area (Å²) in [6.07, 6.45) is 0. The molecule has 0 saturated carbocycles. The number of carbonyl (C=O) groups is 1. The van der Waals surface area contributed by atoms with Gasteiger partial charge in [0.2, 0.25) is 5.91 Å². The highest BCUT2D eigenvalue weighted by molar-refractivity contribution is 5.76. The highest BCUT2D eigenvalue weighted by Crippen LogP contribution is 1.77. The van der Waals surface area contributed by atoms with Gasteiger partial charge < -0.3 is 25.6 Å². The SMILES string of the molecule is NCCOCCOCCNC(=O)CO. The Morgan fingerprint density at radius 2 is 1.86 bits per heavy atom. The van der Waals surface area contributed by atoms with Crippen molar-refractivity contribution < 1.29 is 19.4 Å². The monoisotopic (exact) mass is 206 g/mol. The summed E-state index contributed by atoms with van der Waals surface area (Å²) >= 11 is 0. The summed E-state index contributed by atoms with van der Waals surface area (Å²) in [5.41, 5.74) is 5.20. The molecule has 0 saturated heterocycles. The molecule has 84 valence electrons. The second-order valence-electron chi connectivity index (χ2n) is 2.52. The van der Waals surface area contributed by atoms with Crippen molar-refractivity contribution in [1.82, 2.24) is 5.32 Å². The molecule has 0 heterocycles. The molecule has 1 amide bonds. The average Bonchev–Trinajstić information content (AvgIpc) is 2.21. The summed E-state index contributed by atoms with van der Waals surface area (Å²) < 4.78 is 10.2. The lowest BCUT2D eigenvalue weighted by Gasteiger charge is -2.05. The molecule has 0 fully saturated rings. The van der Waals surface area contributed by atoms with Crippen molar-refractivity contribution in [2.45, 2.75) is 0 Å². The van der Waals surface area contributed by atoms with E-state index in [1.807, 2.05) is 0 Å². The lowest BCUT2D eigenvalue weighted by Crippen LogP contribution is -2.29. The summed E-state index contributed by atoms with van der Waals surface area (Å²) in [4.78, 5) is 10.5. The predicted molar refractivity (Wildman–Crippen MR) is 50.8 cm³/mol. The van der Waals surface area contributed by atoms with Crippen LogP contribution >= 0.6 is 0 Å². The Hall–Kier alpha value is -0.690. The normalized spacial score (nSPS) is 10.1. The molecule has 0 aromatic carbocycles. The Bertz CT molecular complexity index is 143. The van der Waals surface area contributed by atoms with Gasteiger partial charge in [-0.15, -0.1) is 0 Å². The molecule has 0 aliphatic rings. The fourth-order valence-corrected chi connectivity index (χ4v) is 0.724. The van der Waals surface area contributed by atoms with Crippen molar-refractivity contribution in [2.24, 2.45) is 5.73 Å². The second-order valence-corrected chi connectivity index (χ2v) is 2.52. The first-order valence-corrected chi connectivity index (χ1v) is 4.54. The van der Waals surface area contributed by atoms with Gasteiger partial charge in [0, 0.05) is 13.1 Å². The summed E-state index contributed by atoms with van der Waals surface area (Å²) in [5.74, 6) is -0.395. The van der Waals surface area contributed by atoms with Crippen LogP contribution in [0.25, 0.3) is 0 Å². The fourth-order valence-electron chi connectivity index (χ4n) is 0.724. The van der Waals surface area contributed by atoms with E-state index in [-0.39, 0.29) is 0 Å². The van der Waals surface area contributed by atoms with Gasteiger partial charge in [-0.2, -0.15) is 0 Å². The van der Waals surface area contributed by atoms with E-state index in [1.54, 1.807) is 0 Å². The smallest absolute Gasteiger partial charge is 0.245 e. The Morgan fingerprint density at radius 1 is 1.21 bits per heavy atom. The molecule has 0 spiro atoms. The Morgan fingerprint density at radius 3 is 2.43 bits per heavy atom. The molecular formula is C8H18N2O4. The van der Waals surface area contributed by atoms with E-state index in [2.05, 4.69) is 5.32 Å². The number of hydrogen-bond donors (Lipinski definition) is 3. The van der Waals surface area contributed by atoms with Crippen LogP contribution < -0.4 is 11.1 Å². The van der Waals surface area contributed by atoms with Gasteiger partial charge in [-0.25, -0.2) is 0 Å². The van der Waals surface area contributed by atoms with Gasteiger partial charge in [-0.1, -0.05) is 0 Å². The molecule has 6 heteroatoms. The number of rotatable bonds is 9. The maximum Gasteiger partial charge on any atom is 0.245 e. The molecule has 0 unspecified atom stereocenters. The van der Waals surface area contributed by atoms with Gasteiger partial charge in [0.15, 0.2) is 0 Å². The van der Waals surface area contributed by atoms with Crippen LogP contribution in [0.4, 0.5) is 0 Å². The molecular weight excluding hydrogens is 188 g/mol. The second kappa shape index (κ2) is 10.4. The molecule has 6 nitrogen and oxygen atoms in total. The van der Waals surface area contributed by atoms with E-state index in [4.69, 9.17) is 20.3 Å². The number of carbonyl (C=O) groups excluding carboxylic acids is 1. The van der Waals surface area contributed by atoms with E-state index in [0.717, 1.165) is 0 Å². The summed E-state index contributed by atoms with van der Waals surface area (Å²) in [6.45, 7) is 2.35. The zero-order valence-electron chi connectivity index (χ0n) is 8.20. The number of aliphatic hydroxyl groups is 1. The average molecular weight is 206 g/mol. The van der Waals surface area contributed by atoms with E-state index in [0.29, 0.717) is 39.5 Å². The summed E-state index contributed by atoms with van der Waals surface area (Å²) in [7, 11) is 0. The van der Waals surface area contributed by atoms with Crippen molar-refractivity contribution in [3.05, 3.63) is 0 Å². The van der Waals surface area contributed by atoms with Crippen LogP contribution in [-0.4, -0.2) is 57.1 Å². The number of hydrogen-bond acceptors (Lipinski definition) is 5. The Balaban J connectivity index is 2.95. The number of amides is 1. The highest BCUT2D eigenvalue weighted by atomic mass is 16.5. The standard InChI is InChI=1S/C8H18N2O4/c9-1-3-13-5-6-14-4-2-10-8(12)7-11/h11H,1-7,9H2,(H,10,12). The lowest BCUT2D eigenvalue weighted by molar-refractivity contribution is -0.124. The maximum absolute atomic E-state index is 10.5. The minimum absolute atomic E-state index is 0.395. The van der Waals surface area contributed by atoms with Gasteiger partial charge in [0.25, 0.3) is 0 Å². The Labute approximate surface area is 83.4 Å². The number of ether oxygens (including phenoxy) is 2. The molecule has 0 aromatic heterocycles. The first-order valence-electron chi connectivity index (χ1n) is 4.54. The van der Waals surface area contributed by atoms with E-state index in [1.165, 1.54) is 0 Å². The van der Waals surface area contributed by atoms with E-state index >= 15 is 0 Å². The summed E-state index contributed by atoms with van der Waals surface area (Å²) in [6, 6.07) is 0. The topological polar surface area (TPSA) is 93.8 Å². The van der Waals surface area contributed by atoms with Gasteiger partial charge in [0.05, 0.1) is 26.4 Å². The van der Waals surface area contributed by atoms with Crippen LogP contribution in [0.15, 0.2) is 0 Å². The molecule has 0 atom stereocenters. The molecule has 4 N–H and O–H groups in total.